The van der Waals surface area contributed by atoms with Crippen LogP contribution in [-0.2, 0) is 11.3 Å². The first-order valence-electron chi connectivity index (χ1n) is 9.74. The first kappa shape index (κ1) is 19.6. The monoisotopic (exact) mass is 418 g/mol. The molecule has 2 fully saturated rings. The number of rotatable bonds is 5. The lowest BCUT2D eigenvalue weighted by Gasteiger charge is -2.42. The smallest absolute Gasteiger partial charge is 0.306 e. The Morgan fingerprint density at radius 2 is 1.61 bits per heavy atom. The highest BCUT2D eigenvalue weighted by Crippen LogP contribution is 2.40. The van der Waals surface area contributed by atoms with Crippen molar-refractivity contribution in [2.24, 2.45) is 5.92 Å². The predicted molar refractivity (Wildman–Crippen MR) is 113 cm³/mol. The molecule has 4 nitrogen and oxygen atoms in total. The Balaban J connectivity index is 1.31. The van der Waals surface area contributed by atoms with Crippen LogP contribution in [0.2, 0.25) is 10.0 Å². The lowest BCUT2D eigenvalue weighted by molar-refractivity contribution is -0.143. The molecule has 2 aromatic carbocycles. The van der Waals surface area contributed by atoms with E-state index in [9.17, 15) is 4.79 Å². The minimum atomic E-state index is -0.656. The molecular formula is C22H24Cl2N2O2. The molecule has 2 heterocycles. The SMILES string of the molecule is O=C(O)C1CCN(Cc2ccc(C3CN(c4c(Cl)cccc4Cl)C3)cc2)CC1. The summed E-state index contributed by atoms with van der Waals surface area (Å²) in [4.78, 5) is 15.6. The molecule has 0 saturated carbocycles. The van der Waals surface area contributed by atoms with Crippen molar-refractivity contribution in [3.63, 3.8) is 0 Å². The Labute approximate surface area is 175 Å². The minimum Gasteiger partial charge on any atom is -0.481 e. The number of hydrogen-bond acceptors (Lipinski definition) is 3. The van der Waals surface area contributed by atoms with Gasteiger partial charge < -0.3 is 10.0 Å². The van der Waals surface area contributed by atoms with Crippen LogP contribution in [0.15, 0.2) is 42.5 Å². The van der Waals surface area contributed by atoms with Crippen LogP contribution in [0.3, 0.4) is 0 Å². The molecule has 0 radical (unpaired) electrons. The molecule has 2 aromatic rings. The normalized spacial score (nSPS) is 18.9. The van der Waals surface area contributed by atoms with Gasteiger partial charge in [-0.15, -0.1) is 0 Å². The van der Waals surface area contributed by atoms with E-state index in [4.69, 9.17) is 28.3 Å². The Morgan fingerprint density at radius 3 is 2.18 bits per heavy atom. The van der Waals surface area contributed by atoms with Gasteiger partial charge in [0.05, 0.1) is 21.7 Å². The van der Waals surface area contributed by atoms with Crippen molar-refractivity contribution < 1.29 is 9.90 Å². The van der Waals surface area contributed by atoms with Gasteiger partial charge in [0.25, 0.3) is 0 Å². The highest BCUT2D eigenvalue weighted by molar-refractivity contribution is 6.39. The molecule has 2 saturated heterocycles. The molecule has 6 heteroatoms. The second-order valence-electron chi connectivity index (χ2n) is 7.80. The minimum absolute atomic E-state index is 0.174. The van der Waals surface area contributed by atoms with Crippen molar-refractivity contribution in [1.29, 1.82) is 0 Å². The van der Waals surface area contributed by atoms with Gasteiger partial charge in [-0.05, 0) is 49.2 Å². The molecule has 0 aliphatic carbocycles. The molecule has 0 atom stereocenters. The van der Waals surface area contributed by atoms with E-state index in [1.165, 1.54) is 11.1 Å². The van der Waals surface area contributed by atoms with E-state index in [-0.39, 0.29) is 5.92 Å². The number of carboxylic acids is 1. The number of nitrogens with zero attached hydrogens (tertiary/aromatic N) is 2. The average molecular weight is 419 g/mol. The summed E-state index contributed by atoms with van der Waals surface area (Å²) in [5, 5.41) is 10.5. The van der Waals surface area contributed by atoms with Gasteiger partial charge in [0.2, 0.25) is 0 Å². The van der Waals surface area contributed by atoms with E-state index >= 15 is 0 Å². The van der Waals surface area contributed by atoms with Gasteiger partial charge in [-0.2, -0.15) is 0 Å². The highest BCUT2D eigenvalue weighted by Gasteiger charge is 2.30. The Bertz CT molecular complexity index is 822. The third-order valence-corrected chi connectivity index (χ3v) is 6.54. The van der Waals surface area contributed by atoms with Crippen LogP contribution in [0.25, 0.3) is 0 Å². The number of benzene rings is 2. The third kappa shape index (κ3) is 4.14. The number of hydrogen-bond donors (Lipinski definition) is 1. The molecule has 148 valence electrons. The summed E-state index contributed by atoms with van der Waals surface area (Å²) in [6.45, 7) is 4.44. The van der Waals surface area contributed by atoms with Crippen LogP contribution >= 0.6 is 23.2 Å². The largest absolute Gasteiger partial charge is 0.481 e. The zero-order chi connectivity index (χ0) is 19.7. The molecule has 0 amide bonds. The maximum absolute atomic E-state index is 11.1. The lowest BCUT2D eigenvalue weighted by atomic mass is 9.90. The average Bonchev–Trinajstić information content (AvgIpc) is 2.64. The van der Waals surface area contributed by atoms with Crippen molar-refractivity contribution in [3.8, 4) is 0 Å². The standard InChI is InChI=1S/C22H24Cl2N2O2/c23-19-2-1-3-20(24)21(19)26-13-18(14-26)16-6-4-15(5-7-16)12-25-10-8-17(9-11-25)22(27)28/h1-7,17-18H,8-14H2,(H,27,28). The first-order valence-corrected chi connectivity index (χ1v) is 10.5. The maximum Gasteiger partial charge on any atom is 0.306 e. The summed E-state index contributed by atoms with van der Waals surface area (Å²) in [5.74, 6) is -0.337. The van der Waals surface area contributed by atoms with Crippen LogP contribution in [-0.4, -0.2) is 42.2 Å². The number of likely N-dealkylation sites (tertiary alicyclic amines) is 1. The summed E-state index contributed by atoms with van der Waals surface area (Å²) in [7, 11) is 0. The number of aliphatic carboxylic acids is 1. The van der Waals surface area contributed by atoms with Crippen molar-refractivity contribution >= 4 is 34.9 Å². The number of carbonyl (C=O) groups is 1. The van der Waals surface area contributed by atoms with Crippen molar-refractivity contribution in [3.05, 3.63) is 63.6 Å². The zero-order valence-electron chi connectivity index (χ0n) is 15.7. The molecule has 28 heavy (non-hydrogen) atoms. The Hall–Kier alpha value is -1.75. The van der Waals surface area contributed by atoms with E-state index in [0.29, 0.717) is 16.0 Å². The second kappa shape index (κ2) is 8.32. The molecule has 2 aliphatic heterocycles. The number of halogens is 2. The molecule has 0 bridgehead atoms. The summed E-state index contributed by atoms with van der Waals surface area (Å²) in [5.41, 5.74) is 3.55. The number of para-hydroxylation sites is 1. The summed E-state index contributed by atoms with van der Waals surface area (Å²) in [6.07, 6.45) is 1.49. The van der Waals surface area contributed by atoms with Crippen molar-refractivity contribution in [2.45, 2.75) is 25.3 Å². The fourth-order valence-corrected chi connectivity index (χ4v) is 4.79. The van der Waals surface area contributed by atoms with Gasteiger partial charge >= 0.3 is 5.97 Å². The summed E-state index contributed by atoms with van der Waals surface area (Å²) in [6, 6.07) is 14.5. The fraction of sp³-hybridized carbons (Fsp3) is 0.409. The maximum atomic E-state index is 11.1. The fourth-order valence-electron chi connectivity index (χ4n) is 4.15. The second-order valence-corrected chi connectivity index (χ2v) is 8.62. The number of carboxylic acid groups (broad SMARTS) is 1. The molecule has 0 aromatic heterocycles. The molecule has 2 aliphatic rings. The van der Waals surface area contributed by atoms with Crippen molar-refractivity contribution in [1.82, 2.24) is 4.90 Å². The predicted octanol–water partition coefficient (Wildman–Crippen LogP) is 4.89. The van der Waals surface area contributed by atoms with Gasteiger partial charge in [0.1, 0.15) is 0 Å². The number of anilines is 1. The third-order valence-electron chi connectivity index (χ3n) is 5.93. The summed E-state index contributed by atoms with van der Waals surface area (Å²) < 4.78 is 0. The highest BCUT2D eigenvalue weighted by atomic mass is 35.5. The quantitative estimate of drug-likeness (QED) is 0.749. The lowest BCUT2D eigenvalue weighted by Crippen LogP contribution is -2.45. The van der Waals surface area contributed by atoms with Crippen LogP contribution in [0, 0.1) is 5.92 Å². The molecule has 1 N–H and O–H groups in total. The van der Waals surface area contributed by atoms with Crippen LogP contribution in [0.4, 0.5) is 5.69 Å². The molecular weight excluding hydrogens is 395 g/mol. The topological polar surface area (TPSA) is 43.8 Å². The van der Waals surface area contributed by atoms with E-state index in [2.05, 4.69) is 34.1 Å². The van der Waals surface area contributed by atoms with E-state index in [0.717, 1.165) is 51.3 Å². The number of piperidine rings is 1. The Kier molecular flexibility index (Phi) is 5.81. The molecule has 0 spiro atoms. The zero-order valence-corrected chi connectivity index (χ0v) is 17.2. The Morgan fingerprint density at radius 1 is 1.00 bits per heavy atom. The van der Waals surface area contributed by atoms with Crippen LogP contribution in [0.1, 0.15) is 29.9 Å². The molecule has 0 unspecified atom stereocenters. The van der Waals surface area contributed by atoms with Crippen molar-refractivity contribution in [2.75, 3.05) is 31.1 Å². The van der Waals surface area contributed by atoms with Gasteiger partial charge in [-0.25, -0.2) is 0 Å². The van der Waals surface area contributed by atoms with Gasteiger partial charge in [0.15, 0.2) is 0 Å². The van der Waals surface area contributed by atoms with Gasteiger partial charge in [-0.1, -0.05) is 53.5 Å². The van der Waals surface area contributed by atoms with E-state index in [1.54, 1.807) is 0 Å². The summed E-state index contributed by atoms with van der Waals surface area (Å²) >= 11 is 12.6. The molecule has 4 rings (SSSR count). The van der Waals surface area contributed by atoms with Gasteiger partial charge in [0, 0.05) is 25.6 Å². The van der Waals surface area contributed by atoms with Crippen LogP contribution < -0.4 is 4.90 Å². The van der Waals surface area contributed by atoms with E-state index in [1.807, 2.05) is 18.2 Å². The van der Waals surface area contributed by atoms with Crippen LogP contribution in [0.5, 0.6) is 0 Å². The first-order chi connectivity index (χ1) is 13.5. The van der Waals surface area contributed by atoms with Gasteiger partial charge in [-0.3, -0.25) is 9.69 Å². The van der Waals surface area contributed by atoms with E-state index < -0.39 is 5.97 Å².